The predicted molar refractivity (Wildman–Crippen MR) is 58.7 cm³/mol. The van der Waals surface area contributed by atoms with Crippen LogP contribution in [0.1, 0.15) is 5.56 Å². The van der Waals surface area contributed by atoms with Crippen molar-refractivity contribution in [3.63, 3.8) is 0 Å². The number of aromatic nitrogens is 1. The van der Waals surface area contributed by atoms with E-state index in [1.54, 1.807) is 6.07 Å². The Labute approximate surface area is 97.3 Å². The second kappa shape index (κ2) is 6.24. The number of rotatable bonds is 5. The van der Waals surface area contributed by atoms with Gasteiger partial charge in [0.2, 0.25) is 5.88 Å². The molecule has 0 bridgehead atoms. The van der Waals surface area contributed by atoms with Crippen molar-refractivity contribution >= 4 is 6.08 Å². The monoisotopic (exact) mass is 246 g/mol. The highest BCUT2D eigenvalue weighted by Gasteiger charge is 2.28. The molecule has 1 N–H and O–H groups in total. The number of ether oxygens (including phenoxy) is 1. The van der Waals surface area contributed by atoms with E-state index in [4.69, 9.17) is 0 Å². The van der Waals surface area contributed by atoms with Crippen LogP contribution in [0.2, 0.25) is 0 Å². The number of hydrogen-bond donors (Lipinski definition) is 1. The first kappa shape index (κ1) is 13.5. The number of hydrogen-bond acceptors (Lipinski definition) is 3. The van der Waals surface area contributed by atoms with Gasteiger partial charge in [0.25, 0.3) is 0 Å². The lowest BCUT2D eigenvalue weighted by atomic mass is 10.2. The van der Waals surface area contributed by atoms with E-state index in [0.29, 0.717) is 6.54 Å². The van der Waals surface area contributed by atoms with Gasteiger partial charge in [-0.1, -0.05) is 12.2 Å². The number of nitrogens with one attached hydrogen (secondary N) is 1. The number of likely N-dealkylation sites (N-methyl/N-ethyl adjacent to an activating group) is 1. The zero-order valence-corrected chi connectivity index (χ0v) is 9.29. The van der Waals surface area contributed by atoms with E-state index in [-0.39, 0.29) is 5.88 Å². The van der Waals surface area contributed by atoms with Crippen LogP contribution in [0.4, 0.5) is 13.2 Å². The van der Waals surface area contributed by atoms with E-state index >= 15 is 0 Å². The number of halogens is 3. The molecule has 0 saturated carbocycles. The van der Waals surface area contributed by atoms with Crippen molar-refractivity contribution in [2.45, 2.75) is 6.18 Å². The minimum absolute atomic E-state index is 0.0342. The molecule has 1 rings (SSSR count). The second-order valence-electron chi connectivity index (χ2n) is 3.29. The molecule has 1 aromatic rings. The van der Waals surface area contributed by atoms with E-state index in [2.05, 4.69) is 15.0 Å². The molecule has 0 radical (unpaired) electrons. The van der Waals surface area contributed by atoms with E-state index in [1.807, 2.05) is 19.2 Å². The molecule has 0 amide bonds. The van der Waals surface area contributed by atoms with Gasteiger partial charge in [0.1, 0.15) is 0 Å². The van der Waals surface area contributed by atoms with Gasteiger partial charge in [-0.05, 0) is 18.7 Å². The Hall–Kier alpha value is -1.56. The van der Waals surface area contributed by atoms with Crippen molar-refractivity contribution in [3.05, 3.63) is 30.0 Å². The molecule has 94 valence electrons. The quantitative estimate of drug-likeness (QED) is 0.865. The van der Waals surface area contributed by atoms with Crippen molar-refractivity contribution in [1.29, 1.82) is 0 Å². The minimum Gasteiger partial charge on any atom is -0.468 e. The van der Waals surface area contributed by atoms with Crippen LogP contribution < -0.4 is 10.1 Å². The van der Waals surface area contributed by atoms with Crippen LogP contribution in [0.25, 0.3) is 6.08 Å². The smallest absolute Gasteiger partial charge is 0.422 e. The van der Waals surface area contributed by atoms with Gasteiger partial charge < -0.3 is 10.1 Å². The lowest BCUT2D eigenvalue weighted by molar-refractivity contribution is -0.154. The first-order valence-electron chi connectivity index (χ1n) is 4.98. The Morgan fingerprint density at radius 2 is 2.18 bits per heavy atom. The normalized spacial score (nSPS) is 12.0. The third kappa shape index (κ3) is 5.91. The highest BCUT2D eigenvalue weighted by atomic mass is 19.4. The maximum atomic E-state index is 11.9. The summed E-state index contributed by atoms with van der Waals surface area (Å²) in [5.41, 5.74) is 0.805. The summed E-state index contributed by atoms with van der Waals surface area (Å²) in [6.07, 6.45) is 0.815. The Morgan fingerprint density at radius 3 is 2.71 bits per heavy atom. The summed E-state index contributed by atoms with van der Waals surface area (Å²) < 4.78 is 40.0. The van der Waals surface area contributed by atoms with Gasteiger partial charge in [-0.25, -0.2) is 4.98 Å². The standard InChI is InChI=1S/C11H13F3N2O/c1-15-6-2-3-9-4-5-10(16-7-9)17-8-11(12,13)14/h2-5,7,15H,6,8H2,1H3. The molecule has 3 nitrogen and oxygen atoms in total. The van der Waals surface area contributed by atoms with E-state index in [9.17, 15) is 13.2 Å². The van der Waals surface area contributed by atoms with Crippen LogP contribution in [0.15, 0.2) is 24.4 Å². The van der Waals surface area contributed by atoms with Gasteiger partial charge >= 0.3 is 6.18 Å². The largest absolute Gasteiger partial charge is 0.468 e. The van der Waals surface area contributed by atoms with Crippen LogP contribution in [0.3, 0.4) is 0 Å². The maximum Gasteiger partial charge on any atom is 0.422 e. The van der Waals surface area contributed by atoms with Crippen molar-refractivity contribution in [3.8, 4) is 5.88 Å². The zero-order chi connectivity index (χ0) is 12.7. The van der Waals surface area contributed by atoms with Crippen LogP contribution in [0, 0.1) is 0 Å². The molecule has 6 heteroatoms. The van der Waals surface area contributed by atoms with Gasteiger partial charge in [-0.2, -0.15) is 13.2 Å². The minimum atomic E-state index is -4.34. The average Bonchev–Trinajstić information content (AvgIpc) is 2.27. The Bertz CT molecular complexity index is 360. The summed E-state index contributed by atoms with van der Waals surface area (Å²) in [6.45, 7) is -0.610. The Kier molecular flexibility index (Phi) is 4.96. The van der Waals surface area contributed by atoms with Crippen molar-refractivity contribution < 1.29 is 17.9 Å². The Morgan fingerprint density at radius 1 is 1.41 bits per heavy atom. The van der Waals surface area contributed by atoms with Crippen LogP contribution in [-0.4, -0.2) is 31.4 Å². The lowest BCUT2D eigenvalue weighted by Crippen LogP contribution is -2.19. The molecule has 0 fully saturated rings. The molecule has 0 atom stereocenters. The molecule has 0 aliphatic rings. The summed E-state index contributed by atoms with van der Waals surface area (Å²) in [6, 6.07) is 3.05. The summed E-state index contributed by atoms with van der Waals surface area (Å²) in [4.78, 5) is 3.77. The van der Waals surface area contributed by atoms with Crippen LogP contribution >= 0.6 is 0 Å². The lowest BCUT2D eigenvalue weighted by Gasteiger charge is -2.07. The average molecular weight is 246 g/mol. The molecular weight excluding hydrogens is 233 g/mol. The van der Waals surface area contributed by atoms with Crippen molar-refractivity contribution in [2.75, 3.05) is 20.2 Å². The SMILES string of the molecule is CNCC=Cc1ccc(OCC(F)(F)F)nc1. The highest BCUT2D eigenvalue weighted by molar-refractivity contribution is 5.48. The summed E-state index contributed by atoms with van der Waals surface area (Å²) >= 11 is 0. The molecular formula is C11H13F3N2O. The molecule has 1 heterocycles. The second-order valence-corrected chi connectivity index (χ2v) is 3.29. The first-order valence-corrected chi connectivity index (χ1v) is 4.98. The van der Waals surface area contributed by atoms with E-state index in [1.165, 1.54) is 12.3 Å². The van der Waals surface area contributed by atoms with Gasteiger partial charge in [-0.15, -0.1) is 0 Å². The summed E-state index contributed by atoms with van der Waals surface area (Å²) in [5, 5.41) is 2.93. The number of pyridine rings is 1. The van der Waals surface area contributed by atoms with Crippen LogP contribution in [-0.2, 0) is 0 Å². The molecule has 17 heavy (non-hydrogen) atoms. The molecule has 0 aliphatic heterocycles. The zero-order valence-electron chi connectivity index (χ0n) is 9.29. The van der Waals surface area contributed by atoms with Gasteiger partial charge in [0.05, 0.1) is 0 Å². The predicted octanol–water partition coefficient (Wildman–Crippen LogP) is 2.26. The molecule has 0 unspecified atom stereocenters. The third-order valence-electron chi connectivity index (χ3n) is 1.78. The fourth-order valence-electron chi connectivity index (χ4n) is 1.04. The fourth-order valence-corrected chi connectivity index (χ4v) is 1.04. The van der Waals surface area contributed by atoms with E-state index < -0.39 is 12.8 Å². The summed E-state index contributed by atoms with van der Waals surface area (Å²) in [5.74, 6) is -0.0342. The van der Waals surface area contributed by atoms with Gasteiger partial charge in [-0.3, -0.25) is 0 Å². The molecule has 0 saturated heterocycles. The highest BCUT2D eigenvalue weighted by Crippen LogP contribution is 2.17. The molecule has 1 aromatic heterocycles. The maximum absolute atomic E-state index is 11.9. The number of alkyl halides is 3. The molecule has 0 aliphatic carbocycles. The van der Waals surface area contributed by atoms with Crippen LogP contribution in [0.5, 0.6) is 5.88 Å². The molecule has 0 aromatic carbocycles. The molecule has 0 spiro atoms. The topological polar surface area (TPSA) is 34.1 Å². The number of nitrogens with zero attached hydrogens (tertiary/aromatic N) is 1. The summed E-state index contributed by atoms with van der Waals surface area (Å²) in [7, 11) is 1.82. The first-order chi connectivity index (χ1) is 8.01. The van der Waals surface area contributed by atoms with E-state index in [0.717, 1.165) is 5.56 Å². The van der Waals surface area contributed by atoms with Gasteiger partial charge in [0.15, 0.2) is 6.61 Å². The third-order valence-corrected chi connectivity index (χ3v) is 1.78. The van der Waals surface area contributed by atoms with Crippen molar-refractivity contribution in [1.82, 2.24) is 10.3 Å². The fraction of sp³-hybridized carbons (Fsp3) is 0.364. The Balaban J connectivity index is 2.50. The van der Waals surface area contributed by atoms with Gasteiger partial charge in [0, 0.05) is 18.8 Å². The van der Waals surface area contributed by atoms with Crippen molar-refractivity contribution in [2.24, 2.45) is 0 Å².